The van der Waals surface area contributed by atoms with Crippen molar-refractivity contribution in [1.82, 2.24) is 40.8 Å². The summed E-state index contributed by atoms with van der Waals surface area (Å²) >= 11 is 0. The van der Waals surface area contributed by atoms with Crippen LogP contribution in [0.1, 0.15) is 54.5 Å². The van der Waals surface area contributed by atoms with Gasteiger partial charge in [-0.3, -0.25) is 9.59 Å². The number of rotatable bonds is 8. The average Bonchev–Trinajstić information content (AvgIpc) is 3.32. The minimum atomic E-state index is -0.470. The molecule has 4 rings (SSSR count). The average molecular weight is 497 g/mol. The topological polar surface area (TPSA) is 137 Å². The lowest BCUT2D eigenvalue weighted by Crippen LogP contribution is -2.36. The number of hydrogen-bond donors (Lipinski definition) is 2. The van der Waals surface area contributed by atoms with Crippen LogP contribution in [0.4, 0.5) is 4.39 Å². The fraction of sp³-hybridized carbons (Fsp3) is 0.458. The van der Waals surface area contributed by atoms with E-state index in [-0.39, 0.29) is 29.9 Å². The first-order chi connectivity index (χ1) is 17.3. The summed E-state index contributed by atoms with van der Waals surface area (Å²) in [4.78, 5) is 34.1. The molecule has 2 amide bonds. The number of ether oxygens (including phenoxy) is 1. The number of carbonyl (C=O) groups excluding carboxylic acids is 2. The van der Waals surface area contributed by atoms with Gasteiger partial charge in [-0.1, -0.05) is 6.07 Å². The molecule has 0 radical (unpaired) electrons. The molecular formula is C24H29FN8O3. The highest BCUT2D eigenvalue weighted by molar-refractivity contribution is 5.93. The van der Waals surface area contributed by atoms with Crippen molar-refractivity contribution in [2.24, 2.45) is 5.92 Å². The van der Waals surface area contributed by atoms with E-state index < -0.39 is 11.7 Å². The Bertz CT molecular complexity index is 1240. The molecule has 1 saturated carbocycles. The molecule has 3 aromatic rings. The van der Waals surface area contributed by atoms with E-state index in [1.54, 1.807) is 24.7 Å². The number of aromatic nitrogens is 6. The molecule has 2 N–H and O–H groups in total. The van der Waals surface area contributed by atoms with Gasteiger partial charge >= 0.3 is 0 Å². The van der Waals surface area contributed by atoms with Crippen LogP contribution in [-0.4, -0.2) is 55.1 Å². The van der Waals surface area contributed by atoms with Gasteiger partial charge in [-0.2, -0.15) is 4.80 Å². The number of methoxy groups -OCH3 is 1. The summed E-state index contributed by atoms with van der Waals surface area (Å²) in [5.74, 6) is 0.339. The van der Waals surface area contributed by atoms with Crippen molar-refractivity contribution in [3.05, 3.63) is 47.2 Å². The smallest absolute Gasteiger partial charge is 0.270 e. The molecule has 0 aliphatic heterocycles. The minimum Gasteiger partial charge on any atom is -0.494 e. The molecule has 11 nitrogen and oxygen atoms in total. The number of aryl methyl sites for hydroxylation is 1. The molecule has 1 aromatic carbocycles. The second-order valence-corrected chi connectivity index (χ2v) is 8.92. The van der Waals surface area contributed by atoms with Crippen LogP contribution >= 0.6 is 0 Å². The van der Waals surface area contributed by atoms with E-state index in [1.807, 2.05) is 0 Å². The molecule has 2 heterocycles. The van der Waals surface area contributed by atoms with Gasteiger partial charge in [-0.15, -0.1) is 10.2 Å². The van der Waals surface area contributed by atoms with E-state index in [9.17, 15) is 14.0 Å². The van der Waals surface area contributed by atoms with Gasteiger partial charge in [0.15, 0.2) is 11.6 Å². The van der Waals surface area contributed by atoms with Crippen LogP contribution in [0.15, 0.2) is 24.3 Å². The molecule has 190 valence electrons. The second kappa shape index (κ2) is 11.2. The number of hydrogen-bond acceptors (Lipinski definition) is 8. The summed E-state index contributed by atoms with van der Waals surface area (Å²) in [5.41, 5.74) is 1.25. The van der Waals surface area contributed by atoms with Crippen molar-refractivity contribution in [2.75, 3.05) is 7.11 Å². The molecule has 1 fully saturated rings. The molecule has 12 heteroatoms. The van der Waals surface area contributed by atoms with E-state index in [0.717, 1.165) is 25.7 Å². The van der Waals surface area contributed by atoms with Gasteiger partial charge in [0.05, 0.1) is 13.7 Å². The molecule has 0 atom stereocenters. The third kappa shape index (κ3) is 6.37. The number of nitrogens with zero attached hydrogens (tertiary/aromatic N) is 6. The number of halogens is 1. The zero-order valence-corrected chi connectivity index (χ0v) is 20.5. The fourth-order valence-corrected chi connectivity index (χ4v) is 4.32. The first-order valence-corrected chi connectivity index (χ1v) is 11.8. The summed E-state index contributed by atoms with van der Waals surface area (Å²) < 4.78 is 18.6. The Morgan fingerprint density at radius 1 is 1.17 bits per heavy atom. The first kappa shape index (κ1) is 25.1. The Balaban J connectivity index is 1.38. The molecule has 0 spiro atoms. The third-order valence-electron chi connectivity index (χ3n) is 6.10. The first-order valence-electron chi connectivity index (χ1n) is 11.8. The predicted molar refractivity (Wildman–Crippen MR) is 127 cm³/mol. The lowest BCUT2D eigenvalue weighted by molar-refractivity contribution is -0.119. The van der Waals surface area contributed by atoms with Crippen LogP contribution in [-0.2, 0) is 17.9 Å². The van der Waals surface area contributed by atoms with Crippen LogP contribution in [0.3, 0.4) is 0 Å². The van der Waals surface area contributed by atoms with Crippen molar-refractivity contribution in [1.29, 1.82) is 0 Å². The quantitative estimate of drug-likeness (QED) is 0.484. The van der Waals surface area contributed by atoms with Crippen molar-refractivity contribution >= 4 is 11.8 Å². The van der Waals surface area contributed by atoms with E-state index >= 15 is 0 Å². The number of benzene rings is 1. The van der Waals surface area contributed by atoms with Gasteiger partial charge in [-0.25, -0.2) is 14.4 Å². The maximum absolute atomic E-state index is 13.6. The Kier molecular flexibility index (Phi) is 7.81. The van der Waals surface area contributed by atoms with Crippen LogP contribution in [0.5, 0.6) is 5.75 Å². The number of carbonyl (C=O) groups is 2. The third-order valence-corrected chi connectivity index (χ3v) is 6.10. The molecule has 0 bridgehead atoms. The number of tetrazole rings is 1. The maximum atomic E-state index is 13.6. The lowest BCUT2D eigenvalue weighted by atomic mass is 9.86. The number of nitrogens with one attached hydrogen (secondary N) is 2. The van der Waals surface area contributed by atoms with Crippen LogP contribution in [0.25, 0.3) is 11.5 Å². The molecule has 0 unspecified atom stereocenters. The van der Waals surface area contributed by atoms with Crippen molar-refractivity contribution < 1.29 is 18.7 Å². The van der Waals surface area contributed by atoms with E-state index in [0.29, 0.717) is 35.4 Å². The molecule has 0 saturated heterocycles. The van der Waals surface area contributed by atoms with Crippen molar-refractivity contribution in [3.63, 3.8) is 0 Å². The Hall–Kier alpha value is -3.96. The lowest BCUT2D eigenvalue weighted by Gasteiger charge is -2.28. The van der Waals surface area contributed by atoms with Gasteiger partial charge in [0.2, 0.25) is 11.7 Å². The largest absolute Gasteiger partial charge is 0.494 e. The zero-order chi connectivity index (χ0) is 25.7. The summed E-state index contributed by atoms with van der Waals surface area (Å²) in [6.45, 7) is 4.02. The van der Waals surface area contributed by atoms with Gasteiger partial charge in [0.25, 0.3) is 5.91 Å². The SMILES string of the molecule is COc1cc(CNC(=O)c2cc(-c3nnn(CC4CCC(NC(C)=O)CC4)n3)nc(C)n2)ccc1F. The normalized spacial score (nSPS) is 17.4. The monoisotopic (exact) mass is 496 g/mol. The fourth-order valence-electron chi connectivity index (χ4n) is 4.32. The standard InChI is InChI=1S/C24H29FN8O3/c1-14-27-20(11-21(28-14)24(35)26-12-17-6-9-19(25)22(10-17)36-3)23-30-32-33(31-23)13-16-4-7-18(8-5-16)29-15(2)34/h6,9-11,16,18H,4-5,7-8,12-13H2,1-3H3,(H,26,35)(H,29,34). The predicted octanol–water partition coefficient (Wildman–Crippen LogP) is 2.21. The van der Waals surface area contributed by atoms with Gasteiger partial charge in [0.1, 0.15) is 17.2 Å². The maximum Gasteiger partial charge on any atom is 0.270 e. The summed E-state index contributed by atoms with van der Waals surface area (Å²) in [6.07, 6.45) is 3.80. The van der Waals surface area contributed by atoms with Gasteiger partial charge in [0, 0.05) is 19.5 Å². The minimum absolute atomic E-state index is 0.00455. The van der Waals surface area contributed by atoms with E-state index in [2.05, 4.69) is 36.0 Å². The second-order valence-electron chi connectivity index (χ2n) is 8.92. The molecule has 36 heavy (non-hydrogen) atoms. The van der Waals surface area contributed by atoms with Crippen molar-refractivity contribution in [2.45, 2.75) is 58.7 Å². The van der Waals surface area contributed by atoms with E-state index in [4.69, 9.17) is 4.74 Å². The Labute approximate surface area is 207 Å². The summed E-state index contributed by atoms with van der Waals surface area (Å²) in [6, 6.07) is 6.14. The van der Waals surface area contributed by atoms with Gasteiger partial charge in [-0.05, 0) is 67.5 Å². The highest BCUT2D eigenvalue weighted by atomic mass is 19.1. The van der Waals surface area contributed by atoms with Gasteiger partial charge < -0.3 is 15.4 Å². The highest BCUT2D eigenvalue weighted by Crippen LogP contribution is 2.25. The molecular weight excluding hydrogens is 467 g/mol. The zero-order valence-electron chi connectivity index (χ0n) is 20.5. The van der Waals surface area contributed by atoms with Crippen LogP contribution in [0, 0.1) is 18.7 Å². The molecule has 2 aromatic heterocycles. The van der Waals surface area contributed by atoms with Crippen LogP contribution < -0.4 is 15.4 Å². The molecule has 1 aliphatic rings. The van der Waals surface area contributed by atoms with Crippen molar-refractivity contribution in [3.8, 4) is 17.3 Å². The van der Waals surface area contributed by atoms with Crippen LogP contribution in [0.2, 0.25) is 0 Å². The highest BCUT2D eigenvalue weighted by Gasteiger charge is 2.23. The Morgan fingerprint density at radius 3 is 2.67 bits per heavy atom. The molecule has 1 aliphatic carbocycles. The number of amides is 2. The summed E-state index contributed by atoms with van der Waals surface area (Å²) in [5, 5.41) is 18.5. The Morgan fingerprint density at radius 2 is 1.94 bits per heavy atom. The van der Waals surface area contributed by atoms with E-state index in [1.165, 1.54) is 25.3 Å². The summed E-state index contributed by atoms with van der Waals surface area (Å²) in [7, 11) is 1.38.